The highest BCUT2D eigenvalue weighted by Gasteiger charge is 2.16. The van der Waals surface area contributed by atoms with Crippen LogP contribution >= 0.6 is 0 Å². The summed E-state index contributed by atoms with van der Waals surface area (Å²) in [5.41, 5.74) is 5.97. The van der Waals surface area contributed by atoms with Gasteiger partial charge in [-0.15, -0.1) is 0 Å². The van der Waals surface area contributed by atoms with Crippen molar-refractivity contribution < 1.29 is 9.53 Å². The van der Waals surface area contributed by atoms with E-state index in [1.807, 2.05) is 55.6 Å². The van der Waals surface area contributed by atoms with E-state index < -0.39 is 0 Å². The van der Waals surface area contributed by atoms with Gasteiger partial charge in [-0.05, 0) is 56.9 Å². The Morgan fingerprint density at radius 2 is 1.93 bits per heavy atom. The number of ether oxygens (including phenoxy) is 1. The molecule has 28 heavy (non-hydrogen) atoms. The number of aryl methyl sites for hydroxylation is 3. The van der Waals surface area contributed by atoms with E-state index in [1.165, 1.54) is 0 Å². The lowest BCUT2D eigenvalue weighted by atomic mass is 10.0. The molecule has 1 atom stereocenters. The van der Waals surface area contributed by atoms with Crippen molar-refractivity contribution >= 4 is 11.6 Å². The number of fused-ring (bicyclic) bond motifs is 1. The number of methoxy groups -OCH3 is 1. The molecule has 2 aromatic heterocycles. The van der Waals surface area contributed by atoms with Crippen LogP contribution < -0.4 is 10.1 Å². The molecule has 6 nitrogen and oxygen atoms in total. The van der Waals surface area contributed by atoms with Gasteiger partial charge in [-0.3, -0.25) is 4.79 Å². The summed E-state index contributed by atoms with van der Waals surface area (Å²) in [6.07, 6.45) is 1.89. The van der Waals surface area contributed by atoms with Crippen LogP contribution in [0, 0.1) is 20.8 Å². The number of nitrogens with one attached hydrogen (secondary N) is 1. The van der Waals surface area contributed by atoms with Crippen molar-refractivity contribution in [3.8, 4) is 5.75 Å². The van der Waals surface area contributed by atoms with Gasteiger partial charge in [0.05, 0.1) is 18.8 Å². The van der Waals surface area contributed by atoms with Crippen molar-refractivity contribution in [2.24, 2.45) is 0 Å². The predicted octanol–water partition coefficient (Wildman–Crippen LogP) is 3.86. The molecule has 3 aromatic rings. The van der Waals surface area contributed by atoms with Crippen molar-refractivity contribution in [1.29, 1.82) is 0 Å². The summed E-state index contributed by atoms with van der Waals surface area (Å²) in [4.78, 5) is 17.2. The highest BCUT2D eigenvalue weighted by molar-refractivity contribution is 5.76. The second kappa shape index (κ2) is 8.42. The lowest BCUT2D eigenvalue weighted by Gasteiger charge is -2.18. The molecular formula is C22H28N4O2. The second-order valence-corrected chi connectivity index (χ2v) is 7.12. The smallest absolute Gasteiger partial charge is 0.220 e. The largest absolute Gasteiger partial charge is 0.497 e. The Morgan fingerprint density at radius 3 is 2.57 bits per heavy atom. The molecule has 1 amide bonds. The molecule has 6 heteroatoms. The standard InChI is InChI=1S/C22H28N4O2/c1-6-20(17-7-9-18(28-5)10-8-17)24-22(27)12-11-19-15(3)23-21-13-14(2)25-26(21)16(19)4/h7-10,13,20H,6,11-12H2,1-5H3,(H,24,27). The second-order valence-electron chi connectivity index (χ2n) is 7.12. The van der Waals surface area contributed by atoms with Gasteiger partial charge in [0, 0.05) is 23.9 Å². The molecule has 0 fully saturated rings. The van der Waals surface area contributed by atoms with Crippen molar-refractivity contribution in [3.05, 3.63) is 58.5 Å². The van der Waals surface area contributed by atoms with Gasteiger partial charge < -0.3 is 10.1 Å². The van der Waals surface area contributed by atoms with Crippen LogP contribution in [0.5, 0.6) is 5.75 Å². The van der Waals surface area contributed by atoms with Gasteiger partial charge in [0.2, 0.25) is 5.91 Å². The van der Waals surface area contributed by atoms with E-state index in [0.29, 0.717) is 12.8 Å². The van der Waals surface area contributed by atoms with Crippen LogP contribution in [-0.2, 0) is 11.2 Å². The number of nitrogens with zero attached hydrogens (tertiary/aromatic N) is 3. The lowest BCUT2D eigenvalue weighted by molar-refractivity contribution is -0.121. The highest BCUT2D eigenvalue weighted by Crippen LogP contribution is 2.21. The van der Waals surface area contributed by atoms with E-state index in [9.17, 15) is 4.79 Å². The molecular weight excluding hydrogens is 352 g/mol. The van der Waals surface area contributed by atoms with Crippen molar-refractivity contribution in [2.75, 3.05) is 7.11 Å². The fourth-order valence-electron chi connectivity index (χ4n) is 3.57. The van der Waals surface area contributed by atoms with Crippen molar-refractivity contribution in [3.63, 3.8) is 0 Å². The fourth-order valence-corrected chi connectivity index (χ4v) is 3.57. The number of carbonyl (C=O) groups excluding carboxylic acids is 1. The Morgan fingerprint density at radius 1 is 1.21 bits per heavy atom. The van der Waals surface area contributed by atoms with E-state index in [-0.39, 0.29) is 11.9 Å². The maximum absolute atomic E-state index is 12.6. The zero-order chi connectivity index (χ0) is 20.3. The molecule has 2 heterocycles. The predicted molar refractivity (Wildman–Crippen MR) is 110 cm³/mol. The van der Waals surface area contributed by atoms with E-state index in [2.05, 4.69) is 22.3 Å². The third-order valence-corrected chi connectivity index (χ3v) is 5.15. The number of aromatic nitrogens is 3. The molecule has 148 valence electrons. The van der Waals surface area contributed by atoms with Crippen LogP contribution in [0.4, 0.5) is 0 Å². The maximum atomic E-state index is 12.6. The summed E-state index contributed by atoms with van der Waals surface area (Å²) >= 11 is 0. The van der Waals surface area contributed by atoms with Gasteiger partial charge in [-0.1, -0.05) is 19.1 Å². The van der Waals surface area contributed by atoms with Crippen molar-refractivity contribution in [2.45, 2.75) is 53.0 Å². The Kier molecular flexibility index (Phi) is 5.97. The molecule has 0 radical (unpaired) electrons. The lowest BCUT2D eigenvalue weighted by Crippen LogP contribution is -2.28. The van der Waals surface area contributed by atoms with Gasteiger partial charge in [-0.25, -0.2) is 9.50 Å². The van der Waals surface area contributed by atoms with E-state index in [0.717, 1.165) is 46.0 Å². The highest BCUT2D eigenvalue weighted by atomic mass is 16.5. The van der Waals surface area contributed by atoms with Gasteiger partial charge in [0.25, 0.3) is 0 Å². The van der Waals surface area contributed by atoms with E-state index >= 15 is 0 Å². The number of carbonyl (C=O) groups is 1. The minimum atomic E-state index is -0.00466. The first-order valence-electron chi connectivity index (χ1n) is 9.68. The van der Waals surface area contributed by atoms with E-state index in [1.54, 1.807) is 7.11 Å². The maximum Gasteiger partial charge on any atom is 0.220 e. The zero-order valence-electron chi connectivity index (χ0n) is 17.2. The SMILES string of the molecule is CCC(NC(=O)CCc1c(C)nc2cc(C)nn2c1C)c1ccc(OC)cc1. The van der Waals surface area contributed by atoms with Gasteiger partial charge in [-0.2, -0.15) is 5.10 Å². The molecule has 0 saturated heterocycles. The van der Waals surface area contributed by atoms with Gasteiger partial charge in [0.1, 0.15) is 5.75 Å². The number of rotatable bonds is 7. The Labute approximate surface area is 165 Å². The molecule has 0 bridgehead atoms. The number of amides is 1. The molecule has 3 rings (SSSR count). The Balaban J connectivity index is 1.68. The molecule has 1 N–H and O–H groups in total. The average molecular weight is 380 g/mol. The number of hydrogen-bond donors (Lipinski definition) is 1. The van der Waals surface area contributed by atoms with Crippen LogP contribution in [-0.4, -0.2) is 27.6 Å². The summed E-state index contributed by atoms with van der Waals surface area (Å²) in [5, 5.41) is 7.65. The van der Waals surface area contributed by atoms with Gasteiger partial charge in [0.15, 0.2) is 5.65 Å². The molecule has 0 aliphatic heterocycles. The average Bonchev–Trinajstić information content (AvgIpc) is 3.06. The monoisotopic (exact) mass is 380 g/mol. The van der Waals surface area contributed by atoms with Crippen LogP contribution in [0.2, 0.25) is 0 Å². The van der Waals surface area contributed by atoms with E-state index in [4.69, 9.17) is 4.74 Å². The summed E-state index contributed by atoms with van der Waals surface area (Å²) in [7, 11) is 1.65. The Bertz CT molecular complexity index is 976. The van der Waals surface area contributed by atoms with Crippen LogP contribution in [0.3, 0.4) is 0 Å². The normalized spacial score (nSPS) is 12.2. The summed E-state index contributed by atoms with van der Waals surface area (Å²) < 4.78 is 7.07. The molecule has 1 aromatic carbocycles. The molecule has 0 aliphatic carbocycles. The van der Waals surface area contributed by atoms with Crippen LogP contribution in [0.15, 0.2) is 30.3 Å². The minimum absolute atomic E-state index is 0.00466. The summed E-state index contributed by atoms with van der Waals surface area (Å²) in [6.45, 7) is 8.06. The molecule has 0 spiro atoms. The third kappa shape index (κ3) is 4.16. The molecule has 1 unspecified atom stereocenters. The minimum Gasteiger partial charge on any atom is -0.497 e. The first-order chi connectivity index (χ1) is 13.4. The first kappa shape index (κ1) is 19.9. The third-order valence-electron chi connectivity index (χ3n) is 5.15. The molecule has 0 saturated carbocycles. The van der Waals surface area contributed by atoms with Crippen molar-refractivity contribution in [1.82, 2.24) is 19.9 Å². The zero-order valence-corrected chi connectivity index (χ0v) is 17.2. The Hall–Kier alpha value is -2.89. The van der Waals surface area contributed by atoms with Crippen LogP contribution in [0.1, 0.15) is 54.0 Å². The topological polar surface area (TPSA) is 68.5 Å². The first-order valence-corrected chi connectivity index (χ1v) is 9.68. The number of benzene rings is 1. The molecule has 0 aliphatic rings. The fraction of sp³-hybridized carbons (Fsp3) is 0.409. The quantitative estimate of drug-likeness (QED) is 0.676. The summed E-state index contributed by atoms with van der Waals surface area (Å²) in [6, 6.07) is 9.80. The number of hydrogen-bond acceptors (Lipinski definition) is 4. The van der Waals surface area contributed by atoms with Gasteiger partial charge >= 0.3 is 0 Å². The van der Waals surface area contributed by atoms with Crippen LogP contribution in [0.25, 0.3) is 5.65 Å². The summed E-state index contributed by atoms with van der Waals surface area (Å²) in [5.74, 6) is 0.853.